The van der Waals surface area contributed by atoms with E-state index in [0.29, 0.717) is 12.2 Å². The Morgan fingerprint density at radius 2 is 1.78 bits per heavy atom. The number of quaternary nitrogens is 1. The molecular formula is C17H15F2N2O2+. The normalized spacial score (nSPS) is 15.0. The largest absolute Gasteiger partial charge is 0.316 e. The number of carbonyl (C=O) groups excluding carboxylic acids is 2. The molecular weight excluding hydrogens is 302 g/mol. The molecule has 0 aliphatic carbocycles. The molecule has 1 heterocycles. The van der Waals surface area contributed by atoms with Gasteiger partial charge in [0.15, 0.2) is 6.67 Å². The van der Waals surface area contributed by atoms with Gasteiger partial charge in [0.1, 0.15) is 18.2 Å². The quantitative estimate of drug-likeness (QED) is 0.860. The van der Waals surface area contributed by atoms with Crippen molar-refractivity contribution in [2.75, 3.05) is 18.6 Å². The zero-order chi connectivity index (χ0) is 16.6. The fourth-order valence-corrected chi connectivity index (χ4v) is 2.75. The van der Waals surface area contributed by atoms with Crippen molar-refractivity contribution in [1.29, 1.82) is 0 Å². The van der Waals surface area contributed by atoms with E-state index in [1.807, 2.05) is 7.05 Å². The summed E-state index contributed by atoms with van der Waals surface area (Å²) in [6.45, 7) is 0.728. The molecule has 1 atom stereocenters. The van der Waals surface area contributed by atoms with Crippen molar-refractivity contribution in [2.24, 2.45) is 0 Å². The minimum Gasteiger partial charge on any atom is -0.316 e. The molecule has 1 N–H and O–H groups in total. The first-order valence-corrected chi connectivity index (χ1v) is 7.17. The number of Topliss-reactive ketones (excluding diaryl/α,β-unsaturated/α-hetero) is 1. The van der Waals surface area contributed by atoms with Gasteiger partial charge in [-0.15, -0.1) is 0 Å². The van der Waals surface area contributed by atoms with Crippen LogP contribution in [0, 0.1) is 11.6 Å². The maximum Gasteiger partial charge on any atom is 0.303 e. The number of amides is 1. The van der Waals surface area contributed by atoms with Gasteiger partial charge in [-0.05, 0) is 30.3 Å². The number of ketones is 1. The molecule has 118 valence electrons. The van der Waals surface area contributed by atoms with Gasteiger partial charge in [-0.2, -0.15) is 0 Å². The fraction of sp³-hybridized carbons (Fsp3) is 0.176. The van der Waals surface area contributed by atoms with Crippen molar-refractivity contribution in [1.82, 2.24) is 0 Å². The van der Waals surface area contributed by atoms with Gasteiger partial charge in [-0.3, -0.25) is 14.5 Å². The monoisotopic (exact) mass is 317 g/mol. The highest BCUT2D eigenvalue weighted by molar-refractivity contribution is 6.52. The summed E-state index contributed by atoms with van der Waals surface area (Å²) < 4.78 is 26.5. The summed E-state index contributed by atoms with van der Waals surface area (Å²) in [6, 6.07) is 9.96. The number of halogens is 2. The summed E-state index contributed by atoms with van der Waals surface area (Å²) in [6.07, 6.45) is 0. The molecule has 0 saturated heterocycles. The molecule has 23 heavy (non-hydrogen) atoms. The van der Waals surface area contributed by atoms with E-state index in [9.17, 15) is 18.4 Å². The standard InChI is InChI=1S/C17H14F2N2O2/c1-20(9-11-3-2-4-12(18)7-11)10-21-15-6-5-13(19)8-14(15)16(22)17(21)23/h2-8H,9-10H2,1H3/p+1. The van der Waals surface area contributed by atoms with Crippen LogP contribution in [0.5, 0.6) is 0 Å². The smallest absolute Gasteiger partial charge is 0.303 e. The minimum atomic E-state index is -0.696. The highest BCUT2D eigenvalue weighted by Gasteiger charge is 2.37. The van der Waals surface area contributed by atoms with E-state index in [0.717, 1.165) is 16.5 Å². The first-order valence-electron chi connectivity index (χ1n) is 7.17. The van der Waals surface area contributed by atoms with Gasteiger partial charge in [-0.25, -0.2) is 8.78 Å². The van der Waals surface area contributed by atoms with Crippen LogP contribution in [0.4, 0.5) is 14.5 Å². The van der Waals surface area contributed by atoms with Crippen LogP contribution >= 0.6 is 0 Å². The van der Waals surface area contributed by atoms with Crippen LogP contribution in [0.2, 0.25) is 0 Å². The lowest BCUT2D eigenvalue weighted by Gasteiger charge is -2.21. The van der Waals surface area contributed by atoms with E-state index in [1.54, 1.807) is 12.1 Å². The summed E-state index contributed by atoms with van der Waals surface area (Å²) in [5, 5.41) is 0. The third-order valence-electron chi connectivity index (χ3n) is 3.76. The molecule has 0 radical (unpaired) electrons. The van der Waals surface area contributed by atoms with Gasteiger partial charge >= 0.3 is 5.91 Å². The predicted octanol–water partition coefficient (Wildman–Crippen LogP) is 1.17. The number of hydrogen-bond donors (Lipinski definition) is 1. The number of benzene rings is 2. The molecule has 3 rings (SSSR count). The number of rotatable bonds is 4. The van der Waals surface area contributed by atoms with Crippen LogP contribution in [0.1, 0.15) is 15.9 Å². The summed E-state index contributed by atoms with van der Waals surface area (Å²) >= 11 is 0. The minimum absolute atomic E-state index is 0.0913. The maximum atomic E-state index is 13.3. The Bertz CT molecular complexity index is 792. The van der Waals surface area contributed by atoms with Crippen LogP contribution in [0.15, 0.2) is 42.5 Å². The molecule has 2 aromatic carbocycles. The molecule has 2 aromatic rings. The van der Waals surface area contributed by atoms with E-state index < -0.39 is 17.5 Å². The zero-order valence-electron chi connectivity index (χ0n) is 12.5. The van der Waals surface area contributed by atoms with Crippen molar-refractivity contribution in [2.45, 2.75) is 6.54 Å². The van der Waals surface area contributed by atoms with E-state index in [2.05, 4.69) is 0 Å². The number of nitrogens with one attached hydrogen (secondary N) is 1. The fourth-order valence-electron chi connectivity index (χ4n) is 2.75. The van der Waals surface area contributed by atoms with Crippen LogP contribution in [0.3, 0.4) is 0 Å². The second kappa shape index (κ2) is 5.89. The van der Waals surface area contributed by atoms with Crippen molar-refractivity contribution in [3.05, 3.63) is 65.2 Å². The van der Waals surface area contributed by atoms with Crippen LogP contribution in [0.25, 0.3) is 0 Å². The molecule has 1 unspecified atom stereocenters. The lowest BCUT2D eigenvalue weighted by Crippen LogP contribution is -3.09. The molecule has 0 saturated carbocycles. The first kappa shape index (κ1) is 15.3. The Morgan fingerprint density at radius 1 is 1.04 bits per heavy atom. The average Bonchev–Trinajstić information content (AvgIpc) is 2.72. The highest BCUT2D eigenvalue weighted by Crippen LogP contribution is 2.28. The second-order valence-electron chi connectivity index (χ2n) is 5.65. The van der Waals surface area contributed by atoms with E-state index in [4.69, 9.17) is 0 Å². The van der Waals surface area contributed by atoms with Gasteiger partial charge < -0.3 is 4.90 Å². The zero-order valence-corrected chi connectivity index (χ0v) is 12.5. The summed E-state index contributed by atoms with van der Waals surface area (Å²) in [5.74, 6) is -2.22. The molecule has 0 bridgehead atoms. The Labute approximate surface area is 131 Å². The maximum absolute atomic E-state index is 13.3. The lowest BCUT2D eigenvalue weighted by molar-refractivity contribution is -0.892. The van der Waals surface area contributed by atoms with Gasteiger partial charge in [0, 0.05) is 5.56 Å². The van der Waals surface area contributed by atoms with Gasteiger partial charge in [-0.1, -0.05) is 12.1 Å². The van der Waals surface area contributed by atoms with Gasteiger partial charge in [0.05, 0.1) is 18.3 Å². The number of fused-ring (bicyclic) bond motifs is 1. The summed E-state index contributed by atoms with van der Waals surface area (Å²) in [7, 11) is 1.84. The lowest BCUT2D eigenvalue weighted by atomic mass is 10.1. The molecule has 0 aromatic heterocycles. The summed E-state index contributed by atoms with van der Waals surface area (Å²) in [5.41, 5.74) is 1.30. The predicted molar refractivity (Wildman–Crippen MR) is 80.1 cm³/mol. The number of anilines is 1. The third kappa shape index (κ3) is 2.98. The third-order valence-corrected chi connectivity index (χ3v) is 3.76. The number of nitrogens with zero attached hydrogens (tertiary/aromatic N) is 1. The topological polar surface area (TPSA) is 41.8 Å². The van der Waals surface area contributed by atoms with Crippen LogP contribution in [-0.4, -0.2) is 25.4 Å². The van der Waals surface area contributed by atoms with Crippen LogP contribution < -0.4 is 9.80 Å². The molecule has 1 aliphatic rings. The van der Waals surface area contributed by atoms with Crippen molar-refractivity contribution < 1.29 is 23.3 Å². The Balaban J connectivity index is 1.78. The molecule has 0 fully saturated rings. The van der Waals surface area contributed by atoms with E-state index in [1.165, 1.54) is 29.2 Å². The molecule has 4 nitrogen and oxygen atoms in total. The van der Waals surface area contributed by atoms with Gasteiger partial charge in [0.25, 0.3) is 5.78 Å². The van der Waals surface area contributed by atoms with E-state index in [-0.39, 0.29) is 18.0 Å². The van der Waals surface area contributed by atoms with Crippen molar-refractivity contribution >= 4 is 17.4 Å². The Morgan fingerprint density at radius 3 is 2.52 bits per heavy atom. The molecule has 0 spiro atoms. The number of hydrogen-bond acceptors (Lipinski definition) is 2. The SMILES string of the molecule is C[NH+](Cc1cccc(F)c1)CN1C(=O)C(=O)c2cc(F)ccc21. The number of carbonyl (C=O) groups is 2. The average molecular weight is 317 g/mol. The second-order valence-corrected chi connectivity index (χ2v) is 5.65. The summed E-state index contributed by atoms with van der Waals surface area (Å²) in [4.78, 5) is 26.3. The van der Waals surface area contributed by atoms with Crippen molar-refractivity contribution in [3.63, 3.8) is 0 Å². The molecule has 6 heteroatoms. The van der Waals surface area contributed by atoms with Gasteiger partial charge in [0.2, 0.25) is 0 Å². The van der Waals surface area contributed by atoms with Crippen LogP contribution in [-0.2, 0) is 11.3 Å². The van der Waals surface area contributed by atoms with Crippen molar-refractivity contribution in [3.8, 4) is 0 Å². The first-order chi connectivity index (χ1) is 11.0. The Hall–Kier alpha value is -2.60. The molecule has 1 aliphatic heterocycles. The Kier molecular flexibility index (Phi) is 3.92. The molecule has 1 amide bonds. The van der Waals surface area contributed by atoms with E-state index >= 15 is 0 Å². The highest BCUT2D eigenvalue weighted by atomic mass is 19.1.